The highest BCUT2D eigenvalue weighted by atomic mass is 35.5. The first kappa shape index (κ1) is 11.2. The molecule has 1 amide bonds. The average molecular weight is 271 g/mol. The van der Waals surface area contributed by atoms with Crippen LogP contribution in [-0.2, 0) is 4.79 Å². The molecule has 2 heterocycles. The van der Waals surface area contributed by atoms with Gasteiger partial charge in [-0.2, -0.15) is 0 Å². The van der Waals surface area contributed by atoms with Crippen LogP contribution in [0.3, 0.4) is 0 Å². The largest absolute Gasteiger partial charge is 0.391 e. The number of amides is 1. The summed E-state index contributed by atoms with van der Waals surface area (Å²) in [6.45, 7) is 0.835. The third kappa shape index (κ3) is 1.60. The summed E-state index contributed by atoms with van der Waals surface area (Å²) in [6.07, 6.45) is 8.25. The lowest BCUT2D eigenvalue weighted by molar-refractivity contribution is -0.116. The van der Waals surface area contributed by atoms with E-state index >= 15 is 0 Å². The summed E-state index contributed by atoms with van der Waals surface area (Å²) < 4.78 is 0. The Bertz CT molecular complexity index is 469. The lowest BCUT2D eigenvalue weighted by Gasteiger charge is -2.37. The minimum atomic E-state index is -0.353. The Kier molecular flexibility index (Phi) is 2.49. The van der Waals surface area contributed by atoms with Crippen molar-refractivity contribution in [2.75, 3.05) is 6.54 Å². The Hall–Kier alpha value is -0.930. The molecule has 0 radical (unpaired) electrons. The first-order valence-electron chi connectivity index (χ1n) is 5.59. The molecule has 5 heteroatoms. The summed E-state index contributed by atoms with van der Waals surface area (Å²) in [5.74, 6) is -0.0871. The predicted octanol–water partition coefficient (Wildman–Crippen LogP) is 1.65. The van der Waals surface area contributed by atoms with E-state index in [-0.39, 0.29) is 22.7 Å². The molecule has 0 aromatic carbocycles. The summed E-state index contributed by atoms with van der Waals surface area (Å²) in [5, 5.41) is 6.48. The van der Waals surface area contributed by atoms with E-state index in [1.807, 2.05) is 12.3 Å². The molecule has 0 saturated carbocycles. The SMILES string of the molecule is O=C1NC2(C=CNCC2)C2C1=CC(Cl)=CC2Cl. The minimum absolute atomic E-state index is 0.0301. The van der Waals surface area contributed by atoms with Crippen molar-refractivity contribution in [3.63, 3.8) is 0 Å². The van der Waals surface area contributed by atoms with E-state index in [4.69, 9.17) is 23.2 Å². The molecule has 2 aliphatic heterocycles. The van der Waals surface area contributed by atoms with Gasteiger partial charge in [-0.05, 0) is 30.8 Å². The summed E-state index contributed by atoms with van der Waals surface area (Å²) >= 11 is 12.3. The molecule has 1 saturated heterocycles. The van der Waals surface area contributed by atoms with Crippen LogP contribution < -0.4 is 10.6 Å². The average Bonchev–Trinajstić information content (AvgIpc) is 2.53. The van der Waals surface area contributed by atoms with Gasteiger partial charge in [-0.15, -0.1) is 11.6 Å². The van der Waals surface area contributed by atoms with E-state index in [1.54, 1.807) is 12.2 Å². The van der Waals surface area contributed by atoms with Crippen LogP contribution in [0.5, 0.6) is 0 Å². The van der Waals surface area contributed by atoms with Gasteiger partial charge in [-0.1, -0.05) is 11.6 Å². The standard InChI is InChI=1S/C12H12Cl2N2O/c13-7-5-8-10(9(14)6-7)12(16-11(8)17)1-3-15-4-2-12/h1,3,5-6,9-10,15H,2,4H2,(H,16,17). The van der Waals surface area contributed by atoms with Crippen molar-refractivity contribution in [3.05, 3.63) is 35.0 Å². The molecule has 3 rings (SSSR count). The molecular weight excluding hydrogens is 259 g/mol. The number of rotatable bonds is 0. The molecule has 3 atom stereocenters. The Morgan fingerprint density at radius 1 is 1.47 bits per heavy atom. The predicted molar refractivity (Wildman–Crippen MR) is 67.8 cm³/mol. The number of carbonyl (C=O) groups excluding carboxylic acids is 1. The maximum Gasteiger partial charge on any atom is 0.248 e. The zero-order valence-electron chi connectivity index (χ0n) is 9.04. The van der Waals surface area contributed by atoms with Gasteiger partial charge >= 0.3 is 0 Å². The fourth-order valence-corrected chi connectivity index (χ4v) is 3.67. The van der Waals surface area contributed by atoms with Gasteiger partial charge in [0.25, 0.3) is 0 Å². The summed E-state index contributed by atoms with van der Waals surface area (Å²) in [5.41, 5.74) is 0.346. The van der Waals surface area contributed by atoms with Crippen molar-refractivity contribution < 1.29 is 4.79 Å². The molecule has 3 aliphatic rings. The molecule has 17 heavy (non-hydrogen) atoms. The lowest BCUT2D eigenvalue weighted by Crippen LogP contribution is -2.50. The van der Waals surface area contributed by atoms with Crippen molar-refractivity contribution in [1.82, 2.24) is 10.6 Å². The topological polar surface area (TPSA) is 41.1 Å². The van der Waals surface area contributed by atoms with Gasteiger partial charge in [0.15, 0.2) is 0 Å². The summed E-state index contributed by atoms with van der Waals surface area (Å²) in [6, 6.07) is 0. The molecule has 90 valence electrons. The van der Waals surface area contributed by atoms with Gasteiger partial charge in [-0.3, -0.25) is 4.79 Å². The number of nitrogens with one attached hydrogen (secondary N) is 2. The molecule has 0 bridgehead atoms. The van der Waals surface area contributed by atoms with Crippen LogP contribution in [0.15, 0.2) is 35.0 Å². The first-order chi connectivity index (χ1) is 8.12. The van der Waals surface area contributed by atoms with Crippen LogP contribution in [0.4, 0.5) is 0 Å². The lowest BCUT2D eigenvalue weighted by atomic mass is 9.75. The highest BCUT2D eigenvalue weighted by molar-refractivity contribution is 6.33. The number of hydrogen-bond acceptors (Lipinski definition) is 2. The van der Waals surface area contributed by atoms with Gasteiger partial charge in [0, 0.05) is 23.1 Å². The van der Waals surface area contributed by atoms with Crippen LogP contribution in [0, 0.1) is 5.92 Å². The molecule has 3 unspecified atom stereocenters. The Labute approximate surface area is 110 Å². The van der Waals surface area contributed by atoms with E-state index in [0.29, 0.717) is 10.6 Å². The summed E-state index contributed by atoms with van der Waals surface area (Å²) in [4.78, 5) is 12.0. The molecule has 1 fully saturated rings. The highest BCUT2D eigenvalue weighted by Gasteiger charge is 2.52. The normalized spacial score (nSPS) is 39.3. The maximum absolute atomic E-state index is 12.0. The fraction of sp³-hybridized carbons (Fsp3) is 0.417. The molecule has 0 aromatic heterocycles. The molecule has 2 N–H and O–H groups in total. The molecular formula is C12H12Cl2N2O. The van der Waals surface area contributed by atoms with Crippen LogP contribution in [0.25, 0.3) is 0 Å². The van der Waals surface area contributed by atoms with Crippen LogP contribution >= 0.6 is 23.2 Å². The number of hydrogen-bond donors (Lipinski definition) is 2. The van der Waals surface area contributed by atoms with Gasteiger partial charge in [0.05, 0.1) is 10.9 Å². The van der Waals surface area contributed by atoms with Crippen LogP contribution in [0.1, 0.15) is 6.42 Å². The van der Waals surface area contributed by atoms with Gasteiger partial charge < -0.3 is 10.6 Å². The minimum Gasteiger partial charge on any atom is -0.391 e. The van der Waals surface area contributed by atoms with Crippen molar-refractivity contribution in [1.29, 1.82) is 0 Å². The quantitative estimate of drug-likeness (QED) is 0.658. The van der Waals surface area contributed by atoms with Crippen molar-refractivity contribution in [2.45, 2.75) is 17.3 Å². The second-order valence-electron chi connectivity index (χ2n) is 4.61. The van der Waals surface area contributed by atoms with Crippen LogP contribution in [0.2, 0.25) is 0 Å². The third-order valence-corrected chi connectivity index (χ3v) is 4.22. The Balaban J connectivity index is 2.07. The van der Waals surface area contributed by atoms with Gasteiger partial charge in [0.1, 0.15) is 0 Å². The monoisotopic (exact) mass is 270 g/mol. The molecule has 0 aromatic rings. The van der Waals surface area contributed by atoms with E-state index in [9.17, 15) is 4.79 Å². The Morgan fingerprint density at radius 3 is 3.00 bits per heavy atom. The van der Waals surface area contributed by atoms with Crippen molar-refractivity contribution >= 4 is 29.1 Å². The number of alkyl halides is 1. The molecule has 1 aliphatic carbocycles. The second kappa shape index (κ2) is 3.79. The molecule has 1 spiro atoms. The van der Waals surface area contributed by atoms with E-state index in [1.165, 1.54) is 0 Å². The maximum atomic E-state index is 12.0. The zero-order chi connectivity index (χ0) is 12.0. The van der Waals surface area contributed by atoms with E-state index in [0.717, 1.165) is 13.0 Å². The van der Waals surface area contributed by atoms with Gasteiger partial charge in [-0.25, -0.2) is 0 Å². The third-order valence-electron chi connectivity index (χ3n) is 3.61. The fourth-order valence-electron chi connectivity index (χ4n) is 2.85. The summed E-state index contributed by atoms with van der Waals surface area (Å²) in [7, 11) is 0. The smallest absolute Gasteiger partial charge is 0.248 e. The van der Waals surface area contributed by atoms with E-state index in [2.05, 4.69) is 10.6 Å². The van der Waals surface area contributed by atoms with Gasteiger partial charge in [0.2, 0.25) is 5.91 Å². The number of fused-ring (bicyclic) bond motifs is 2. The van der Waals surface area contributed by atoms with Crippen molar-refractivity contribution in [2.24, 2.45) is 5.92 Å². The number of allylic oxidation sites excluding steroid dienone is 3. The zero-order valence-corrected chi connectivity index (χ0v) is 10.6. The second-order valence-corrected chi connectivity index (χ2v) is 5.55. The van der Waals surface area contributed by atoms with Crippen molar-refractivity contribution in [3.8, 4) is 0 Å². The van der Waals surface area contributed by atoms with Crippen LogP contribution in [-0.4, -0.2) is 23.4 Å². The highest BCUT2D eigenvalue weighted by Crippen LogP contribution is 2.44. The first-order valence-corrected chi connectivity index (χ1v) is 6.40. The Morgan fingerprint density at radius 2 is 2.29 bits per heavy atom. The van der Waals surface area contributed by atoms with E-state index < -0.39 is 0 Å². The number of carbonyl (C=O) groups is 1. The number of halogens is 2. The molecule has 3 nitrogen and oxygen atoms in total.